The van der Waals surface area contributed by atoms with Gasteiger partial charge in [-0.3, -0.25) is 4.79 Å². The van der Waals surface area contributed by atoms with E-state index in [2.05, 4.69) is 10.1 Å². The molecule has 0 saturated carbocycles. The molecule has 1 aliphatic rings. The third-order valence-electron chi connectivity index (χ3n) is 2.96. The van der Waals surface area contributed by atoms with E-state index in [0.717, 1.165) is 25.8 Å². The van der Waals surface area contributed by atoms with Crippen LogP contribution >= 0.6 is 0 Å². The fourth-order valence-electron chi connectivity index (χ4n) is 2.16. The number of nitrogens with zero attached hydrogens (tertiary/aromatic N) is 3. The highest BCUT2D eigenvalue weighted by Crippen LogP contribution is 2.29. The lowest BCUT2D eigenvalue weighted by atomic mass is 10.0. The summed E-state index contributed by atoms with van der Waals surface area (Å²) in [4.78, 5) is 17.6. The average Bonchev–Trinajstić information content (AvgIpc) is 2.78. The van der Waals surface area contributed by atoms with E-state index >= 15 is 0 Å². The van der Waals surface area contributed by atoms with Gasteiger partial charge in [-0.15, -0.1) is 0 Å². The minimum Gasteiger partial charge on any atom is -0.375 e. The van der Waals surface area contributed by atoms with Crippen LogP contribution in [0.25, 0.3) is 0 Å². The van der Waals surface area contributed by atoms with Gasteiger partial charge in [0.2, 0.25) is 5.91 Å². The van der Waals surface area contributed by atoms with Crippen molar-refractivity contribution in [3.8, 4) is 0 Å². The maximum Gasteiger partial charge on any atom is 0.252 e. The van der Waals surface area contributed by atoms with Crippen molar-refractivity contribution in [1.82, 2.24) is 15.0 Å². The topological polar surface area (TPSA) is 68.5 Å². The van der Waals surface area contributed by atoms with E-state index in [4.69, 9.17) is 9.26 Å². The smallest absolute Gasteiger partial charge is 0.252 e. The lowest BCUT2D eigenvalue weighted by molar-refractivity contribution is -0.132. The van der Waals surface area contributed by atoms with Crippen molar-refractivity contribution in [2.45, 2.75) is 38.8 Å². The number of aromatic nitrogens is 2. The van der Waals surface area contributed by atoms with Gasteiger partial charge in [0.05, 0.1) is 6.04 Å². The Labute approximate surface area is 99.9 Å². The van der Waals surface area contributed by atoms with Gasteiger partial charge < -0.3 is 14.2 Å². The minimum absolute atomic E-state index is 0.0457. The van der Waals surface area contributed by atoms with E-state index in [9.17, 15) is 4.79 Å². The zero-order valence-corrected chi connectivity index (χ0v) is 10.2. The molecule has 0 bridgehead atoms. The summed E-state index contributed by atoms with van der Waals surface area (Å²) < 4.78 is 9.99. The molecule has 1 amide bonds. The van der Waals surface area contributed by atoms with E-state index < -0.39 is 0 Å². The highest BCUT2D eigenvalue weighted by Gasteiger charge is 2.29. The average molecular weight is 239 g/mol. The summed E-state index contributed by atoms with van der Waals surface area (Å²) in [6.07, 6.45) is 3.02. The largest absolute Gasteiger partial charge is 0.375 e. The highest BCUT2D eigenvalue weighted by atomic mass is 16.5. The number of amides is 1. The second-order valence-electron chi connectivity index (χ2n) is 4.20. The van der Waals surface area contributed by atoms with Crippen molar-refractivity contribution in [1.29, 1.82) is 0 Å². The molecule has 2 rings (SSSR count). The monoisotopic (exact) mass is 239 g/mol. The van der Waals surface area contributed by atoms with Crippen LogP contribution in [0.4, 0.5) is 0 Å². The fourth-order valence-corrected chi connectivity index (χ4v) is 2.16. The van der Waals surface area contributed by atoms with Crippen molar-refractivity contribution >= 4 is 5.91 Å². The molecule has 1 aliphatic heterocycles. The highest BCUT2D eigenvalue weighted by molar-refractivity contribution is 5.73. The lowest BCUT2D eigenvalue weighted by Crippen LogP contribution is -2.37. The quantitative estimate of drug-likeness (QED) is 0.795. The Morgan fingerprint density at radius 2 is 2.41 bits per heavy atom. The third kappa shape index (κ3) is 2.63. The van der Waals surface area contributed by atoms with Crippen molar-refractivity contribution in [2.24, 2.45) is 0 Å². The van der Waals surface area contributed by atoms with Crippen molar-refractivity contribution in [3.05, 3.63) is 11.7 Å². The number of ether oxygens (including phenoxy) is 1. The molecule has 2 heterocycles. The number of hydrogen-bond acceptors (Lipinski definition) is 5. The molecule has 1 fully saturated rings. The first-order valence-electron chi connectivity index (χ1n) is 5.81. The number of carbonyl (C=O) groups is 1. The fraction of sp³-hybridized carbons (Fsp3) is 0.727. The van der Waals surface area contributed by atoms with Gasteiger partial charge in [0.25, 0.3) is 5.89 Å². The van der Waals surface area contributed by atoms with Gasteiger partial charge in [0.1, 0.15) is 6.61 Å². The predicted molar refractivity (Wildman–Crippen MR) is 59.0 cm³/mol. The molecule has 0 unspecified atom stereocenters. The van der Waals surface area contributed by atoms with Crippen LogP contribution in [0.15, 0.2) is 4.52 Å². The van der Waals surface area contributed by atoms with Gasteiger partial charge in [0, 0.05) is 20.6 Å². The third-order valence-corrected chi connectivity index (χ3v) is 2.96. The first-order chi connectivity index (χ1) is 8.22. The van der Waals surface area contributed by atoms with Crippen molar-refractivity contribution < 1.29 is 14.1 Å². The summed E-state index contributed by atoms with van der Waals surface area (Å²) in [6, 6.07) is -0.0457. The first-order valence-corrected chi connectivity index (χ1v) is 5.81. The number of hydrogen-bond donors (Lipinski definition) is 0. The summed E-state index contributed by atoms with van der Waals surface area (Å²) in [6.45, 7) is 2.66. The molecular formula is C11H17N3O3. The molecule has 94 valence electrons. The minimum atomic E-state index is -0.0457. The molecule has 6 heteroatoms. The number of methoxy groups -OCH3 is 1. The summed E-state index contributed by atoms with van der Waals surface area (Å²) in [5, 5.41) is 3.93. The molecule has 0 radical (unpaired) electrons. The Morgan fingerprint density at radius 3 is 3.12 bits per heavy atom. The molecule has 0 aromatic carbocycles. The van der Waals surface area contributed by atoms with Crippen LogP contribution in [0.3, 0.4) is 0 Å². The normalized spacial score (nSPS) is 20.6. The van der Waals surface area contributed by atoms with E-state index in [1.807, 2.05) is 4.90 Å². The second-order valence-corrected chi connectivity index (χ2v) is 4.20. The number of piperidine rings is 1. The zero-order valence-electron chi connectivity index (χ0n) is 10.2. The van der Waals surface area contributed by atoms with Crippen molar-refractivity contribution in [2.75, 3.05) is 13.7 Å². The Hall–Kier alpha value is -1.43. The van der Waals surface area contributed by atoms with Crippen LogP contribution < -0.4 is 0 Å². The number of rotatable bonds is 3. The number of likely N-dealkylation sites (tertiary alicyclic amines) is 1. The summed E-state index contributed by atoms with van der Waals surface area (Å²) in [5.74, 6) is 1.11. The predicted octanol–water partition coefficient (Wildman–Crippen LogP) is 1.29. The van der Waals surface area contributed by atoms with Crippen molar-refractivity contribution in [3.63, 3.8) is 0 Å². The van der Waals surface area contributed by atoms with Gasteiger partial charge >= 0.3 is 0 Å². The molecule has 0 spiro atoms. The van der Waals surface area contributed by atoms with Gasteiger partial charge in [-0.1, -0.05) is 5.16 Å². The van der Waals surface area contributed by atoms with Crippen LogP contribution in [0.5, 0.6) is 0 Å². The molecular weight excluding hydrogens is 222 g/mol. The molecule has 0 aliphatic carbocycles. The second kappa shape index (κ2) is 5.27. The Balaban J connectivity index is 2.14. The maximum atomic E-state index is 11.5. The number of carbonyl (C=O) groups excluding carboxylic acids is 1. The van der Waals surface area contributed by atoms with E-state index in [0.29, 0.717) is 18.3 Å². The molecule has 0 N–H and O–H groups in total. The van der Waals surface area contributed by atoms with E-state index in [1.165, 1.54) is 0 Å². The molecule has 1 atom stereocenters. The molecule has 1 saturated heterocycles. The Kier molecular flexibility index (Phi) is 3.73. The van der Waals surface area contributed by atoms with Gasteiger partial charge in [-0.05, 0) is 19.3 Å². The van der Waals surface area contributed by atoms with Gasteiger partial charge in [0.15, 0.2) is 5.82 Å². The van der Waals surface area contributed by atoms with E-state index in [1.54, 1.807) is 14.0 Å². The van der Waals surface area contributed by atoms with Crippen LogP contribution in [0, 0.1) is 0 Å². The van der Waals surface area contributed by atoms with Gasteiger partial charge in [-0.2, -0.15) is 4.98 Å². The summed E-state index contributed by atoms with van der Waals surface area (Å²) in [7, 11) is 1.58. The lowest BCUT2D eigenvalue weighted by Gasteiger charge is -2.32. The van der Waals surface area contributed by atoms with Gasteiger partial charge in [-0.25, -0.2) is 0 Å². The molecule has 6 nitrogen and oxygen atoms in total. The van der Waals surface area contributed by atoms with E-state index in [-0.39, 0.29) is 11.9 Å². The van der Waals surface area contributed by atoms with Crippen LogP contribution in [0.1, 0.15) is 43.9 Å². The molecule has 1 aromatic rings. The molecule has 1 aromatic heterocycles. The SMILES string of the molecule is COCc1nc([C@H]2CCCCN2C(C)=O)no1. The maximum absolute atomic E-state index is 11.5. The first kappa shape index (κ1) is 12.0. The Morgan fingerprint density at radius 1 is 1.59 bits per heavy atom. The Bertz CT molecular complexity index is 391. The van der Waals surface area contributed by atoms with Crippen LogP contribution in [0.2, 0.25) is 0 Å². The zero-order chi connectivity index (χ0) is 12.3. The summed E-state index contributed by atoms with van der Waals surface area (Å²) in [5.41, 5.74) is 0. The van der Waals surface area contributed by atoms with Crippen LogP contribution in [-0.2, 0) is 16.1 Å². The summed E-state index contributed by atoms with van der Waals surface area (Å²) >= 11 is 0. The standard InChI is InChI=1S/C11H17N3O3/c1-8(15)14-6-4-3-5-9(14)11-12-10(7-16-2)17-13-11/h9H,3-7H2,1-2H3/t9-/m1/s1. The van der Waals surface area contributed by atoms with Crippen LogP contribution in [-0.4, -0.2) is 34.6 Å². The molecule has 17 heavy (non-hydrogen) atoms.